The third-order valence-corrected chi connectivity index (χ3v) is 3.38. The van der Waals surface area contributed by atoms with Gasteiger partial charge in [-0.3, -0.25) is 9.59 Å². The molecule has 1 saturated heterocycles. The molecule has 0 aliphatic carbocycles. The second-order valence-electron chi connectivity index (χ2n) is 4.30. The van der Waals surface area contributed by atoms with E-state index in [9.17, 15) is 9.59 Å². The molecular formula is C12H14BrNO3. The molecule has 0 aromatic carbocycles. The number of hydrogen-bond acceptors (Lipinski definition) is 3. The van der Waals surface area contributed by atoms with Crippen LogP contribution < -0.4 is 5.56 Å². The smallest absolute Gasteiger partial charge is 0.253 e. The van der Waals surface area contributed by atoms with Gasteiger partial charge in [0, 0.05) is 28.8 Å². The Morgan fingerprint density at radius 1 is 1.65 bits per heavy atom. The van der Waals surface area contributed by atoms with Gasteiger partial charge in [0.2, 0.25) is 0 Å². The van der Waals surface area contributed by atoms with Crippen LogP contribution in [0.5, 0.6) is 0 Å². The molecule has 1 aliphatic rings. The Morgan fingerprint density at radius 3 is 3.06 bits per heavy atom. The summed E-state index contributed by atoms with van der Waals surface area (Å²) < 4.78 is 7.44. The average molecular weight is 300 g/mol. The van der Waals surface area contributed by atoms with Gasteiger partial charge >= 0.3 is 0 Å². The number of nitrogens with zero attached hydrogens (tertiary/aromatic N) is 1. The number of aromatic nitrogens is 1. The molecule has 0 N–H and O–H groups in total. The number of Topliss-reactive ketones (excluding diaryl/α,β-unsaturated/α-hetero) is 1. The summed E-state index contributed by atoms with van der Waals surface area (Å²) in [6.07, 6.45) is 2.42. The zero-order valence-corrected chi connectivity index (χ0v) is 11.2. The van der Waals surface area contributed by atoms with Gasteiger partial charge < -0.3 is 9.30 Å². The number of ketones is 1. The molecule has 0 saturated carbocycles. The molecule has 17 heavy (non-hydrogen) atoms. The van der Waals surface area contributed by atoms with Crippen LogP contribution >= 0.6 is 15.9 Å². The molecule has 1 atom stereocenters. The first-order chi connectivity index (χ1) is 8.08. The maximum absolute atomic E-state index is 11.9. The van der Waals surface area contributed by atoms with Gasteiger partial charge in [-0.1, -0.05) is 0 Å². The average Bonchev–Trinajstić information content (AvgIpc) is 2.78. The Kier molecular flexibility index (Phi) is 3.79. The molecule has 0 amide bonds. The van der Waals surface area contributed by atoms with Crippen molar-refractivity contribution in [1.29, 1.82) is 0 Å². The van der Waals surface area contributed by atoms with Crippen LogP contribution in [0.1, 0.15) is 12.0 Å². The Balaban J connectivity index is 2.18. The molecule has 2 heterocycles. The van der Waals surface area contributed by atoms with E-state index < -0.39 is 0 Å². The standard InChI is InChI=1S/C12H14BrNO3/c1-8-4-10(13)5-14(12(8)16)6-11(15)9-2-3-17-7-9/h4-5,9H,2-3,6-7H2,1H3. The number of carbonyl (C=O) groups is 1. The molecule has 0 radical (unpaired) electrons. The van der Waals surface area contributed by atoms with E-state index in [-0.39, 0.29) is 23.8 Å². The van der Waals surface area contributed by atoms with E-state index in [0.29, 0.717) is 18.8 Å². The van der Waals surface area contributed by atoms with Crippen molar-refractivity contribution in [3.05, 3.63) is 32.7 Å². The van der Waals surface area contributed by atoms with Gasteiger partial charge in [0.15, 0.2) is 5.78 Å². The van der Waals surface area contributed by atoms with Crippen LogP contribution in [0.15, 0.2) is 21.5 Å². The summed E-state index contributed by atoms with van der Waals surface area (Å²) in [7, 11) is 0. The predicted octanol–water partition coefficient (Wildman–Crippen LogP) is 1.52. The van der Waals surface area contributed by atoms with Crippen LogP contribution in [-0.4, -0.2) is 23.6 Å². The Labute approximate surface area is 108 Å². The fourth-order valence-corrected chi connectivity index (χ4v) is 2.53. The van der Waals surface area contributed by atoms with Crippen molar-refractivity contribution < 1.29 is 9.53 Å². The highest BCUT2D eigenvalue weighted by Gasteiger charge is 2.23. The van der Waals surface area contributed by atoms with Crippen molar-refractivity contribution in [3.8, 4) is 0 Å². The van der Waals surface area contributed by atoms with Gasteiger partial charge in [-0.05, 0) is 35.3 Å². The second kappa shape index (κ2) is 5.14. The first-order valence-electron chi connectivity index (χ1n) is 5.55. The highest BCUT2D eigenvalue weighted by molar-refractivity contribution is 9.10. The molecule has 4 nitrogen and oxygen atoms in total. The normalized spacial score (nSPS) is 19.5. The minimum atomic E-state index is -0.111. The molecule has 0 bridgehead atoms. The van der Waals surface area contributed by atoms with E-state index in [1.54, 1.807) is 19.2 Å². The summed E-state index contributed by atoms with van der Waals surface area (Å²) in [5, 5.41) is 0. The number of halogens is 1. The van der Waals surface area contributed by atoms with Gasteiger partial charge in [0.1, 0.15) is 0 Å². The lowest BCUT2D eigenvalue weighted by molar-refractivity contribution is -0.123. The van der Waals surface area contributed by atoms with Crippen LogP contribution in [0.25, 0.3) is 0 Å². The monoisotopic (exact) mass is 299 g/mol. The van der Waals surface area contributed by atoms with Crippen LogP contribution in [-0.2, 0) is 16.1 Å². The largest absolute Gasteiger partial charge is 0.381 e. The first kappa shape index (κ1) is 12.5. The van der Waals surface area contributed by atoms with Gasteiger partial charge in [-0.25, -0.2) is 0 Å². The van der Waals surface area contributed by atoms with E-state index in [1.165, 1.54) is 4.57 Å². The molecule has 5 heteroatoms. The fraction of sp³-hybridized carbons (Fsp3) is 0.500. The maximum Gasteiger partial charge on any atom is 0.253 e. The number of ether oxygens (including phenoxy) is 1. The highest BCUT2D eigenvalue weighted by atomic mass is 79.9. The number of aryl methyl sites for hydroxylation is 1. The van der Waals surface area contributed by atoms with E-state index in [4.69, 9.17) is 4.74 Å². The minimum absolute atomic E-state index is 0.0545. The predicted molar refractivity (Wildman–Crippen MR) is 67.1 cm³/mol. The molecule has 2 rings (SSSR count). The molecule has 1 aromatic rings. The molecule has 0 spiro atoms. The molecule has 1 aromatic heterocycles. The second-order valence-corrected chi connectivity index (χ2v) is 5.22. The van der Waals surface area contributed by atoms with Crippen molar-refractivity contribution in [2.75, 3.05) is 13.2 Å². The molecule has 1 unspecified atom stereocenters. The zero-order chi connectivity index (χ0) is 12.4. The van der Waals surface area contributed by atoms with Crippen molar-refractivity contribution >= 4 is 21.7 Å². The summed E-state index contributed by atoms with van der Waals surface area (Å²) in [5.74, 6) is 0.0169. The van der Waals surface area contributed by atoms with Gasteiger partial charge in [0.05, 0.1) is 13.2 Å². The van der Waals surface area contributed by atoms with Crippen molar-refractivity contribution in [2.24, 2.45) is 5.92 Å². The van der Waals surface area contributed by atoms with Crippen LogP contribution in [0.4, 0.5) is 0 Å². The summed E-state index contributed by atoms with van der Waals surface area (Å²) in [6, 6.07) is 1.75. The summed E-state index contributed by atoms with van der Waals surface area (Å²) in [6.45, 7) is 3.00. The Morgan fingerprint density at radius 2 is 2.41 bits per heavy atom. The minimum Gasteiger partial charge on any atom is -0.381 e. The number of rotatable bonds is 3. The lowest BCUT2D eigenvalue weighted by atomic mass is 10.0. The zero-order valence-electron chi connectivity index (χ0n) is 9.61. The maximum atomic E-state index is 11.9. The van der Waals surface area contributed by atoms with E-state index in [2.05, 4.69) is 15.9 Å². The highest BCUT2D eigenvalue weighted by Crippen LogP contribution is 2.15. The molecule has 1 fully saturated rings. The van der Waals surface area contributed by atoms with E-state index >= 15 is 0 Å². The van der Waals surface area contributed by atoms with E-state index in [0.717, 1.165) is 10.9 Å². The van der Waals surface area contributed by atoms with Gasteiger partial charge in [0.25, 0.3) is 5.56 Å². The van der Waals surface area contributed by atoms with Crippen LogP contribution in [0.2, 0.25) is 0 Å². The van der Waals surface area contributed by atoms with E-state index in [1.807, 2.05) is 0 Å². The number of pyridine rings is 1. The lowest BCUT2D eigenvalue weighted by Gasteiger charge is -2.10. The number of carbonyl (C=O) groups excluding carboxylic acids is 1. The Hall–Kier alpha value is -0.940. The van der Waals surface area contributed by atoms with Crippen LogP contribution in [0.3, 0.4) is 0 Å². The first-order valence-corrected chi connectivity index (χ1v) is 6.34. The van der Waals surface area contributed by atoms with Crippen molar-refractivity contribution in [3.63, 3.8) is 0 Å². The quantitative estimate of drug-likeness (QED) is 0.850. The SMILES string of the molecule is Cc1cc(Br)cn(CC(=O)C2CCOC2)c1=O. The summed E-state index contributed by atoms with van der Waals surface area (Å²) in [4.78, 5) is 23.8. The molecular weight excluding hydrogens is 286 g/mol. The van der Waals surface area contributed by atoms with Crippen LogP contribution in [0, 0.1) is 12.8 Å². The summed E-state index contributed by atoms with van der Waals surface area (Å²) in [5.41, 5.74) is 0.523. The molecule has 92 valence electrons. The number of hydrogen-bond donors (Lipinski definition) is 0. The van der Waals surface area contributed by atoms with Crippen molar-refractivity contribution in [1.82, 2.24) is 4.57 Å². The lowest BCUT2D eigenvalue weighted by Crippen LogP contribution is -2.28. The van der Waals surface area contributed by atoms with Gasteiger partial charge in [-0.15, -0.1) is 0 Å². The molecule has 1 aliphatic heterocycles. The fourth-order valence-electron chi connectivity index (χ4n) is 1.94. The van der Waals surface area contributed by atoms with Crippen molar-refractivity contribution in [2.45, 2.75) is 19.9 Å². The summed E-state index contributed by atoms with van der Waals surface area (Å²) >= 11 is 3.32. The Bertz CT molecular complexity index is 489. The topological polar surface area (TPSA) is 48.3 Å². The third-order valence-electron chi connectivity index (χ3n) is 2.94. The third kappa shape index (κ3) is 2.84. The van der Waals surface area contributed by atoms with Gasteiger partial charge in [-0.2, -0.15) is 0 Å².